The Bertz CT molecular complexity index is 468. The third-order valence-electron chi connectivity index (χ3n) is 2.33. The third-order valence-corrected chi connectivity index (χ3v) is 2.58. The smallest absolute Gasteiger partial charge is 0.254 e. The first-order valence-corrected chi connectivity index (χ1v) is 5.31. The maximum atomic E-state index is 12.0. The summed E-state index contributed by atoms with van der Waals surface area (Å²) in [5.41, 5.74) is 0.400. The summed E-state index contributed by atoms with van der Waals surface area (Å²) >= 11 is 5.71. The van der Waals surface area contributed by atoms with Gasteiger partial charge in [-0.2, -0.15) is 0 Å². The summed E-state index contributed by atoms with van der Waals surface area (Å²) < 4.78 is 0. The van der Waals surface area contributed by atoms with E-state index in [1.807, 2.05) is 0 Å². The molecule has 88 valence electrons. The highest BCUT2D eigenvalue weighted by Crippen LogP contribution is 2.12. The SMILES string of the molecule is O=C1CN(C(=O)c2ccc(Cl)cc2)CC(=O)N1. The van der Waals surface area contributed by atoms with Crippen LogP contribution in [0, 0.1) is 0 Å². The van der Waals surface area contributed by atoms with Crippen LogP contribution in [-0.2, 0) is 9.59 Å². The van der Waals surface area contributed by atoms with E-state index in [0.29, 0.717) is 10.6 Å². The fourth-order valence-corrected chi connectivity index (χ4v) is 1.68. The number of carbonyl (C=O) groups excluding carboxylic acids is 3. The zero-order chi connectivity index (χ0) is 12.4. The average Bonchev–Trinajstić information content (AvgIpc) is 2.28. The van der Waals surface area contributed by atoms with E-state index in [1.165, 1.54) is 4.90 Å². The van der Waals surface area contributed by atoms with Gasteiger partial charge in [0.1, 0.15) is 13.1 Å². The molecule has 0 atom stereocenters. The lowest BCUT2D eigenvalue weighted by Gasteiger charge is -2.25. The molecule has 2 rings (SSSR count). The number of imide groups is 1. The van der Waals surface area contributed by atoms with Crippen LogP contribution in [0.2, 0.25) is 5.02 Å². The first-order chi connectivity index (χ1) is 8.06. The standard InChI is InChI=1S/C11H9ClN2O3/c12-8-3-1-7(2-4-8)11(17)14-5-9(15)13-10(16)6-14/h1-4H,5-6H2,(H,13,15,16). The first kappa shape index (κ1) is 11.6. The van der Waals surface area contributed by atoms with Gasteiger partial charge in [-0.25, -0.2) is 0 Å². The van der Waals surface area contributed by atoms with E-state index in [-0.39, 0.29) is 19.0 Å². The zero-order valence-electron chi connectivity index (χ0n) is 8.77. The molecule has 1 aliphatic heterocycles. The van der Waals surface area contributed by atoms with Crippen LogP contribution >= 0.6 is 11.6 Å². The molecular weight excluding hydrogens is 244 g/mol. The molecule has 0 bridgehead atoms. The van der Waals surface area contributed by atoms with Gasteiger partial charge in [-0.05, 0) is 24.3 Å². The molecule has 1 aromatic rings. The topological polar surface area (TPSA) is 66.5 Å². The van der Waals surface area contributed by atoms with Crippen molar-refractivity contribution in [1.82, 2.24) is 10.2 Å². The number of hydrogen-bond donors (Lipinski definition) is 1. The minimum Gasteiger partial charge on any atom is -0.320 e. The van der Waals surface area contributed by atoms with Crippen molar-refractivity contribution in [3.8, 4) is 0 Å². The molecule has 3 amide bonds. The maximum Gasteiger partial charge on any atom is 0.254 e. The fourth-order valence-electron chi connectivity index (χ4n) is 1.56. The van der Waals surface area contributed by atoms with E-state index in [4.69, 9.17) is 11.6 Å². The Morgan fingerprint density at radius 2 is 1.65 bits per heavy atom. The van der Waals surface area contributed by atoms with Gasteiger partial charge in [-0.1, -0.05) is 11.6 Å². The van der Waals surface area contributed by atoms with Gasteiger partial charge in [0.2, 0.25) is 11.8 Å². The summed E-state index contributed by atoms with van der Waals surface area (Å²) in [6.45, 7) is -0.208. The number of nitrogens with zero attached hydrogens (tertiary/aromatic N) is 1. The quantitative estimate of drug-likeness (QED) is 0.738. The predicted molar refractivity (Wildman–Crippen MR) is 60.5 cm³/mol. The highest BCUT2D eigenvalue weighted by molar-refractivity contribution is 6.30. The van der Waals surface area contributed by atoms with Crippen molar-refractivity contribution >= 4 is 29.3 Å². The van der Waals surface area contributed by atoms with Crippen LogP contribution in [0.1, 0.15) is 10.4 Å². The maximum absolute atomic E-state index is 12.0. The van der Waals surface area contributed by atoms with Gasteiger partial charge in [-0.15, -0.1) is 0 Å². The van der Waals surface area contributed by atoms with Gasteiger partial charge in [0, 0.05) is 10.6 Å². The Labute approximate surface area is 102 Å². The summed E-state index contributed by atoms with van der Waals surface area (Å²) in [4.78, 5) is 35.4. The van der Waals surface area contributed by atoms with E-state index in [2.05, 4.69) is 5.32 Å². The van der Waals surface area contributed by atoms with Crippen LogP contribution in [0.15, 0.2) is 24.3 Å². The molecule has 0 aromatic heterocycles. The van der Waals surface area contributed by atoms with Crippen LogP contribution < -0.4 is 5.32 Å². The second-order valence-corrected chi connectivity index (χ2v) is 4.08. The van der Waals surface area contributed by atoms with E-state index in [0.717, 1.165) is 0 Å². The zero-order valence-corrected chi connectivity index (χ0v) is 9.53. The fraction of sp³-hybridized carbons (Fsp3) is 0.182. The minimum absolute atomic E-state index is 0.104. The molecule has 1 saturated heterocycles. The Hall–Kier alpha value is -1.88. The summed E-state index contributed by atoms with van der Waals surface area (Å²) in [5, 5.41) is 2.65. The van der Waals surface area contributed by atoms with Crippen molar-refractivity contribution in [3.63, 3.8) is 0 Å². The number of carbonyl (C=O) groups is 3. The van der Waals surface area contributed by atoms with Crippen molar-refractivity contribution in [2.75, 3.05) is 13.1 Å². The summed E-state index contributed by atoms with van der Waals surface area (Å²) in [6.07, 6.45) is 0. The average molecular weight is 253 g/mol. The molecule has 1 heterocycles. The number of hydrogen-bond acceptors (Lipinski definition) is 3. The predicted octanol–water partition coefficient (Wildman–Crippen LogP) is 0.439. The van der Waals surface area contributed by atoms with Gasteiger partial charge in [0.25, 0.3) is 5.91 Å². The van der Waals surface area contributed by atoms with Gasteiger partial charge in [0.05, 0.1) is 0 Å². The van der Waals surface area contributed by atoms with Crippen molar-refractivity contribution in [2.24, 2.45) is 0 Å². The van der Waals surface area contributed by atoms with Gasteiger partial charge >= 0.3 is 0 Å². The second kappa shape index (κ2) is 4.55. The van der Waals surface area contributed by atoms with E-state index >= 15 is 0 Å². The molecular formula is C11H9ClN2O3. The lowest BCUT2D eigenvalue weighted by atomic mass is 10.2. The molecule has 1 fully saturated rings. The van der Waals surface area contributed by atoms with E-state index < -0.39 is 11.8 Å². The lowest BCUT2D eigenvalue weighted by Crippen LogP contribution is -2.53. The molecule has 1 aliphatic rings. The van der Waals surface area contributed by atoms with Crippen LogP contribution in [0.25, 0.3) is 0 Å². The number of benzene rings is 1. The summed E-state index contributed by atoms with van der Waals surface area (Å²) in [7, 11) is 0. The normalized spacial score (nSPS) is 15.7. The lowest BCUT2D eigenvalue weighted by molar-refractivity contribution is -0.135. The number of halogens is 1. The Morgan fingerprint density at radius 3 is 2.18 bits per heavy atom. The van der Waals surface area contributed by atoms with Crippen molar-refractivity contribution in [2.45, 2.75) is 0 Å². The molecule has 0 spiro atoms. The molecule has 0 aliphatic carbocycles. The van der Waals surface area contributed by atoms with Gasteiger partial charge in [0.15, 0.2) is 0 Å². The molecule has 17 heavy (non-hydrogen) atoms. The Balaban J connectivity index is 2.17. The van der Waals surface area contributed by atoms with Gasteiger partial charge in [-0.3, -0.25) is 19.7 Å². The van der Waals surface area contributed by atoms with Crippen molar-refractivity contribution in [3.05, 3.63) is 34.9 Å². The minimum atomic E-state index is -0.469. The molecule has 0 unspecified atom stereocenters. The first-order valence-electron chi connectivity index (χ1n) is 4.94. The monoisotopic (exact) mass is 252 g/mol. The molecule has 0 radical (unpaired) electrons. The van der Waals surface area contributed by atoms with E-state index in [1.54, 1.807) is 24.3 Å². The van der Waals surface area contributed by atoms with Crippen LogP contribution in [-0.4, -0.2) is 35.7 Å². The second-order valence-electron chi connectivity index (χ2n) is 3.64. The highest BCUT2D eigenvalue weighted by Gasteiger charge is 2.26. The molecule has 6 heteroatoms. The Morgan fingerprint density at radius 1 is 1.12 bits per heavy atom. The summed E-state index contributed by atoms with van der Waals surface area (Å²) in [6, 6.07) is 6.28. The Kier molecular flexibility index (Phi) is 3.10. The largest absolute Gasteiger partial charge is 0.320 e. The third kappa shape index (κ3) is 2.62. The van der Waals surface area contributed by atoms with Crippen molar-refractivity contribution < 1.29 is 14.4 Å². The highest BCUT2D eigenvalue weighted by atomic mass is 35.5. The van der Waals surface area contributed by atoms with E-state index in [9.17, 15) is 14.4 Å². The number of nitrogens with one attached hydrogen (secondary N) is 1. The molecule has 0 saturated carbocycles. The molecule has 1 aromatic carbocycles. The van der Waals surface area contributed by atoms with Crippen LogP contribution in [0.3, 0.4) is 0 Å². The molecule has 5 nitrogen and oxygen atoms in total. The van der Waals surface area contributed by atoms with Gasteiger partial charge < -0.3 is 4.90 Å². The van der Waals surface area contributed by atoms with Crippen molar-refractivity contribution in [1.29, 1.82) is 0 Å². The summed E-state index contributed by atoms with van der Waals surface area (Å²) in [5.74, 6) is -1.29. The number of amides is 3. The number of rotatable bonds is 1. The molecule has 1 N–H and O–H groups in total. The van der Waals surface area contributed by atoms with Crippen LogP contribution in [0.4, 0.5) is 0 Å². The van der Waals surface area contributed by atoms with Crippen LogP contribution in [0.5, 0.6) is 0 Å². The number of piperazine rings is 1.